The molecule has 3 aromatic rings. The molecule has 0 radical (unpaired) electrons. The number of hydrogen-bond donors (Lipinski definition) is 0. The maximum atomic E-state index is 13.7. The number of halogens is 13. The molecule has 3 rings (SSSR count). The summed E-state index contributed by atoms with van der Waals surface area (Å²) in [6.07, 6.45) is -4.82. The van der Waals surface area contributed by atoms with Crippen LogP contribution in [0.3, 0.4) is 0 Å². The topological polar surface area (TPSA) is 12.9 Å². The molecule has 0 unspecified atom stereocenters. The minimum absolute atomic E-state index is 0.179. The summed E-state index contributed by atoms with van der Waals surface area (Å²) >= 11 is 61.0. The molecule has 0 aliphatic heterocycles. The SMILES string of the molecule is FC(F)(F)c1cc(-c2c(Cl)c(Cl)c(Cl)c(Cl)c2Cl)nc(-c2c(Cl)c(Cl)c(Cl)c(Cl)c2Cl)c1. The van der Waals surface area contributed by atoms with Gasteiger partial charge in [-0.25, -0.2) is 4.98 Å². The van der Waals surface area contributed by atoms with Crippen LogP contribution < -0.4 is 0 Å². The number of nitrogens with zero attached hydrogens (tertiary/aromatic N) is 1. The highest BCUT2D eigenvalue weighted by atomic mass is 35.5. The van der Waals surface area contributed by atoms with E-state index < -0.39 is 11.7 Å². The van der Waals surface area contributed by atoms with Crippen LogP contribution in [0.2, 0.25) is 50.2 Å². The molecule has 2 aromatic carbocycles. The van der Waals surface area contributed by atoms with Gasteiger partial charge in [0.05, 0.1) is 67.2 Å². The summed E-state index contributed by atoms with van der Waals surface area (Å²) in [5.74, 6) is 0. The number of benzene rings is 2. The molecule has 0 fully saturated rings. The van der Waals surface area contributed by atoms with Crippen molar-refractivity contribution in [1.82, 2.24) is 4.98 Å². The van der Waals surface area contributed by atoms with E-state index in [1.165, 1.54) is 0 Å². The van der Waals surface area contributed by atoms with Gasteiger partial charge in [-0.2, -0.15) is 13.2 Å². The molecule has 0 saturated carbocycles. The smallest absolute Gasteiger partial charge is 0.248 e. The van der Waals surface area contributed by atoms with Gasteiger partial charge in [0.1, 0.15) is 0 Å². The molecule has 0 saturated heterocycles. The van der Waals surface area contributed by atoms with Gasteiger partial charge in [-0.15, -0.1) is 0 Å². The highest BCUT2D eigenvalue weighted by molar-refractivity contribution is 6.57. The molecule has 0 N–H and O–H groups in total. The predicted octanol–water partition coefficient (Wildman–Crippen LogP) is 12.0. The molecular weight excluding hydrogens is 642 g/mol. The van der Waals surface area contributed by atoms with E-state index in [0.29, 0.717) is 12.1 Å². The van der Waals surface area contributed by atoms with E-state index in [-0.39, 0.29) is 72.7 Å². The minimum Gasteiger partial charge on any atom is -0.248 e. The second-order valence-corrected chi connectivity index (χ2v) is 9.79. The Hall–Kier alpha value is 0.280. The molecule has 0 aliphatic carbocycles. The summed E-state index contributed by atoms with van der Waals surface area (Å²) < 4.78 is 41.2. The first-order valence-electron chi connectivity index (χ1n) is 7.81. The van der Waals surface area contributed by atoms with Crippen molar-refractivity contribution >= 4 is 116 Å². The van der Waals surface area contributed by atoms with Crippen molar-refractivity contribution < 1.29 is 13.2 Å². The van der Waals surface area contributed by atoms with Crippen LogP contribution in [-0.4, -0.2) is 4.98 Å². The van der Waals surface area contributed by atoms with E-state index in [1.807, 2.05) is 0 Å². The third-order valence-electron chi connectivity index (χ3n) is 4.08. The standard InChI is InChI=1S/C18H2Cl10F3N/c19-8-6(9(20)13(24)16(27)12(8)23)4-1-3(18(29,30)31)2-5(32-4)7-10(21)14(25)17(28)15(26)11(7)22/h1-2H. The van der Waals surface area contributed by atoms with E-state index in [0.717, 1.165) is 0 Å². The lowest BCUT2D eigenvalue weighted by atomic mass is 10.0. The third kappa shape index (κ3) is 4.70. The zero-order valence-corrected chi connectivity index (χ0v) is 22.1. The normalized spacial score (nSPS) is 11.9. The van der Waals surface area contributed by atoms with Gasteiger partial charge in [0.2, 0.25) is 0 Å². The summed E-state index contributed by atoms with van der Waals surface area (Å²) in [7, 11) is 0. The third-order valence-corrected chi connectivity index (χ3v) is 8.64. The molecule has 1 heterocycles. The van der Waals surface area contributed by atoms with Gasteiger partial charge in [0.15, 0.2) is 0 Å². The Kier molecular flexibility index (Phi) is 8.18. The summed E-state index contributed by atoms with van der Waals surface area (Å²) in [5, 5.41) is -2.36. The summed E-state index contributed by atoms with van der Waals surface area (Å²) in [5.41, 5.74) is -2.22. The second-order valence-electron chi connectivity index (χ2n) is 6.01. The van der Waals surface area contributed by atoms with Gasteiger partial charge in [0, 0.05) is 11.1 Å². The maximum absolute atomic E-state index is 13.7. The first-order valence-corrected chi connectivity index (χ1v) is 11.6. The first kappa shape index (κ1) is 26.9. The van der Waals surface area contributed by atoms with E-state index in [9.17, 15) is 13.2 Å². The van der Waals surface area contributed by atoms with Crippen LogP contribution in [0.15, 0.2) is 12.1 Å². The number of rotatable bonds is 2. The molecule has 14 heteroatoms. The lowest BCUT2D eigenvalue weighted by Gasteiger charge is -2.17. The van der Waals surface area contributed by atoms with Crippen LogP contribution in [0.5, 0.6) is 0 Å². The number of alkyl halides is 3. The quantitative estimate of drug-likeness (QED) is 0.200. The largest absolute Gasteiger partial charge is 0.416 e. The van der Waals surface area contributed by atoms with E-state index in [4.69, 9.17) is 116 Å². The fourth-order valence-corrected chi connectivity index (χ4v) is 5.27. The first-order chi connectivity index (χ1) is 14.7. The Labute approximate surface area is 229 Å². The number of pyridine rings is 1. The van der Waals surface area contributed by atoms with Crippen molar-refractivity contribution in [3.8, 4) is 22.5 Å². The van der Waals surface area contributed by atoms with E-state index in [1.54, 1.807) is 0 Å². The molecular formula is C18H2Cl10F3N. The van der Waals surface area contributed by atoms with E-state index >= 15 is 0 Å². The van der Waals surface area contributed by atoms with Gasteiger partial charge < -0.3 is 0 Å². The Morgan fingerprint density at radius 2 is 0.719 bits per heavy atom. The second kappa shape index (κ2) is 9.73. The minimum atomic E-state index is -4.82. The van der Waals surface area contributed by atoms with Crippen molar-refractivity contribution in [2.24, 2.45) is 0 Å². The molecule has 32 heavy (non-hydrogen) atoms. The molecule has 1 aromatic heterocycles. The highest BCUT2D eigenvalue weighted by Gasteiger charge is 2.34. The summed E-state index contributed by atoms with van der Waals surface area (Å²) in [6, 6.07) is 1.39. The van der Waals surface area contributed by atoms with Crippen molar-refractivity contribution in [3.05, 3.63) is 67.9 Å². The predicted molar refractivity (Wildman–Crippen MR) is 130 cm³/mol. The monoisotopic (exact) mass is 639 g/mol. The van der Waals surface area contributed by atoms with Crippen molar-refractivity contribution in [2.45, 2.75) is 6.18 Å². The van der Waals surface area contributed by atoms with Gasteiger partial charge in [0.25, 0.3) is 0 Å². The van der Waals surface area contributed by atoms with Crippen LogP contribution in [0, 0.1) is 0 Å². The average Bonchev–Trinajstić information content (AvgIpc) is 2.73. The van der Waals surface area contributed by atoms with Crippen molar-refractivity contribution in [3.63, 3.8) is 0 Å². The molecule has 0 amide bonds. The van der Waals surface area contributed by atoms with Crippen LogP contribution in [0.4, 0.5) is 13.2 Å². The molecule has 0 bridgehead atoms. The Balaban J connectivity index is 2.47. The zero-order chi connectivity index (χ0) is 24.3. The average molecular weight is 644 g/mol. The fraction of sp³-hybridized carbons (Fsp3) is 0.0556. The Morgan fingerprint density at radius 3 is 0.969 bits per heavy atom. The van der Waals surface area contributed by atoms with Gasteiger partial charge in [-0.3, -0.25) is 0 Å². The Morgan fingerprint density at radius 1 is 0.469 bits per heavy atom. The van der Waals surface area contributed by atoms with Gasteiger partial charge >= 0.3 is 6.18 Å². The van der Waals surface area contributed by atoms with Gasteiger partial charge in [-0.05, 0) is 12.1 Å². The Bertz CT molecular complexity index is 1130. The highest BCUT2D eigenvalue weighted by Crippen LogP contribution is 2.51. The molecule has 0 atom stereocenters. The van der Waals surface area contributed by atoms with Crippen molar-refractivity contribution in [2.75, 3.05) is 0 Å². The van der Waals surface area contributed by atoms with Crippen LogP contribution in [-0.2, 0) is 6.18 Å². The van der Waals surface area contributed by atoms with Crippen LogP contribution >= 0.6 is 116 Å². The summed E-state index contributed by atoms with van der Waals surface area (Å²) in [6.45, 7) is 0. The fourth-order valence-electron chi connectivity index (χ4n) is 2.61. The molecule has 1 nitrogen and oxygen atoms in total. The van der Waals surface area contributed by atoms with Crippen LogP contribution in [0.1, 0.15) is 5.56 Å². The number of hydrogen-bond acceptors (Lipinski definition) is 1. The summed E-state index contributed by atoms with van der Waals surface area (Å²) in [4.78, 5) is 4.20. The van der Waals surface area contributed by atoms with E-state index in [2.05, 4.69) is 4.98 Å². The van der Waals surface area contributed by atoms with Crippen LogP contribution in [0.25, 0.3) is 22.5 Å². The zero-order valence-electron chi connectivity index (χ0n) is 14.5. The van der Waals surface area contributed by atoms with Gasteiger partial charge in [-0.1, -0.05) is 116 Å². The van der Waals surface area contributed by atoms with Crippen molar-refractivity contribution in [1.29, 1.82) is 0 Å². The lowest BCUT2D eigenvalue weighted by Crippen LogP contribution is -2.07. The molecule has 0 aliphatic rings. The maximum Gasteiger partial charge on any atom is 0.416 e. The number of aromatic nitrogens is 1. The molecule has 0 spiro atoms. The lowest BCUT2D eigenvalue weighted by molar-refractivity contribution is -0.137. The molecule has 170 valence electrons.